The molecule has 0 amide bonds. The van der Waals surface area contributed by atoms with Crippen LogP contribution in [0.4, 0.5) is 0 Å². The minimum Gasteiger partial charge on any atom is -0.387 e. The minimum absolute atomic E-state index is 0.277. The monoisotopic (exact) mass is 183 g/mol. The Labute approximate surface area is 76.2 Å². The van der Waals surface area contributed by atoms with Crippen molar-refractivity contribution in [3.8, 4) is 0 Å². The number of aliphatic hydroxyl groups is 1. The molecule has 0 aromatic carbocycles. The van der Waals surface area contributed by atoms with Gasteiger partial charge in [0.15, 0.2) is 0 Å². The van der Waals surface area contributed by atoms with E-state index in [0.29, 0.717) is 0 Å². The number of nitrogens with one attached hydrogen (secondary N) is 1. The van der Waals surface area contributed by atoms with Crippen molar-refractivity contribution in [3.63, 3.8) is 0 Å². The Morgan fingerprint density at radius 2 is 2.58 bits per heavy atom. The van der Waals surface area contributed by atoms with Crippen LogP contribution >= 0.6 is 11.3 Å². The van der Waals surface area contributed by atoms with E-state index in [-0.39, 0.29) is 12.1 Å². The van der Waals surface area contributed by atoms with Gasteiger partial charge in [-0.2, -0.15) is 11.3 Å². The van der Waals surface area contributed by atoms with Gasteiger partial charge in [0.25, 0.3) is 0 Å². The fourth-order valence-electron chi connectivity index (χ4n) is 1.66. The maximum Gasteiger partial charge on any atom is 0.0950 e. The summed E-state index contributed by atoms with van der Waals surface area (Å²) in [6.45, 7) is 1.05. The molecule has 1 aromatic rings. The Kier molecular flexibility index (Phi) is 2.44. The Balaban J connectivity index is 2.04. The Morgan fingerprint density at radius 3 is 3.17 bits per heavy atom. The lowest BCUT2D eigenvalue weighted by atomic mass is 10.0. The zero-order valence-corrected chi connectivity index (χ0v) is 7.68. The predicted octanol–water partition coefficient (Wildman–Crippen LogP) is 1.53. The molecular weight excluding hydrogens is 170 g/mol. The van der Waals surface area contributed by atoms with Gasteiger partial charge in [-0.1, -0.05) is 0 Å². The molecule has 1 aliphatic rings. The van der Waals surface area contributed by atoms with Gasteiger partial charge in [-0.05, 0) is 41.8 Å². The molecule has 0 spiro atoms. The van der Waals surface area contributed by atoms with E-state index in [1.165, 1.54) is 6.42 Å². The predicted molar refractivity (Wildman–Crippen MR) is 50.3 cm³/mol. The van der Waals surface area contributed by atoms with Gasteiger partial charge in [0, 0.05) is 6.04 Å². The van der Waals surface area contributed by atoms with Gasteiger partial charge in [0.1, 0.15) is 0 Å². The number of hydrogen-bond acceptors (Lipinski definition) is 3. The van der Waals surface area contributed by atoms with Gasteiger partial charge < -0.3 is 10.4 Å². The topological polar surface area (TPSA) is 32.3 Å². The maximum absolute atomic E-state index is 9.85. The van der Waals surface area contributed by atoms with Gasteiger partial charge >= 0.3 is 0 Å². The summed E-state index contributed by atoms with van der Waals surface area (Å²) in [5, 5.41) is 17.2. The number of thiophene rings is 1. The van der Waals surface area contributed by atoms with E-state index in [1.807, 2.05) is 16.8 Å². The average molecular weight is 183 g/mol. The van der Waals surface area contributed by atoms with Crippen molar-refractivity contribution in [1.29, 1.82) is 0 Å². The van der Waals surface area contributed by atoms with Crippen molar-refractivity contribution in [2.24, 2.45) is 0 Å². The second-order valence-corrected chi connectivity index (χ2v) is 3.98. The third-order valence-electron chi connectivity index (χ3n) is 2.36. The Hall–Kier alpha value is -0.380. The van der Waals surface area contributed by atoms with Crippen molar-refractivity contribution < 1.29 is 5.11 Å². The second-order valence-electron chi connectivity index (χ2n) is 3.20. The second kappa shape index (κ2) is 3.56. The molecule has 2 unspecified atom stereocenters. The summed E-state index contributed by atoms with van der Waals surface area (Å²) in [7, 11) is 0. The van der Waals surface area contributed by atoms with E-state index in [4.69, 9.17) is 0 Å². The van der Waals surface area contributed by atoms with Gasteiger partial charge in [-0.3, -0.25) is 0 Å². The van der Waals surface area contributed by atoms with E-state index in [2.05, 4.69) is 5.32 Å². The first-order chi connectivity index (χ1) is 5.88. The first-order valence-electron chi connectivity index (χ1n) is 4.31. The van der Waals surface area contributed by atoms with E-state index in [9.17, 15) is 5.11 Å². The molecule has 3 heteroatoms. The van der Waals surface area contributed by atoms with Crippen molar-refractivity contribution in [3.05, 3.63) is 22.4 Å². The van der Waals surface area contributed by atoms with Crippen LogP contribution in [0, 0.1) is 0 Å². The third kappa shape index (κ3) is 1.53. The lowest BCUT2D eigenvalue weighted by Crippen LogP contribution is -2.28. The van der Waals surface area contributed by atoms with Crippen LogP contribution in [0.15, 0.2) is 16.8 Å². The molecule has 2 atom stereocenters. The van der Waals surface area contributed by atoms with Crippen LogP contribution in [0.5, 0.6) is 0 Å². The van der Waals surface area contributed by atoms with E-state index < -0.39 is 0 Å². The zero-order chi connectivity index (χ0) is 8.39. The summed E-state index contributed by atoms with van der Waals surface area (Å²) >= 11 is 1.64. The number of rotatable bonds is 2. The van der Waals surface area contributed by atoms with Crippen molar-refractivity contribution in [2.45, 2.75) is 25.0 Å². The fraction of sp³-hybridized carbons (Fsp3) is 0.556. The fourth-order valence-corrected chi connectivity index (χ4v) is 2.35. The van der Waals surface area contributed by atoms with Crippen molar-refractivity contribution in [1.82, 2.24) is 5.32 Å². The SMILES string of the molecule is OC(c1ccsc1)C1CCCN1. The highest BCUT2D eigenvalue weighted by atomic mass is 32.1. The lowest BCUT2D eigenvalue weighted by Gasteiger charge is -2.16. The van der Waals surface area contributed by atoms with Crippen LogP contribution in [-0.2, 0) is 0 Å². The summed E-state index contributed by atoms with van der Waals surface area (Å²) in [4.78, 5) is 0. The Morgan fingerprint density at radius 1 is 1.67 bits per heavy atom. The molecule has 1 aromatic heterocycles. The van der Waals surface area contributed by atoms with E-state index in [0.717, 1.165) is 18.5 Å². The van der Waals surface area contributed by atoms with Crippen molar-refractivity contribution >= 4 is 11.3 Å². The van der Waals surface area contributed by atoms with Gasteiger partial charge in [0.2, 0.25) is 0 Å². The molecule has 2 heterocycles. The molecule has 1 aliphatic heterocycles. The summed E-state index contributed by atoms with van der Waals surface area (Å²) in [6, 6.07) is 2.27. The normalized spacial score (nSPS) is 25.9. The van der Waals surface area contributed by atoms with Gasteiger partial charge in [0.05, 0.1) is 6.10 Å². The molecule has 0 aliphatic carbocycles. The van der Waals surface area contributed by atoms with Crippen LogP contribution in [0.2, 0.25) is 0 Å². The van der Waals surface area contributed by atoms with Crippen LogP contribution in [-0.4, -0.2) is 17.7 Å². The van der Waals surface area contributed by atoms with E-state index >= 15 is 0 Å². The zero-order valence-electron chi connectivity index (χ0n) is 6.86. The molecular formula is C9H13NOS. The summed E-state index contributed by atoms with van der Waals surface area (Å²) in [5.74, 6) is 0. The number of aliphatic hydroxyl groups excluding tert-OH is 1. The van der Waals surface area contributed by atoms with Crippen LogP contribution in [0.1, 0.15) is 24.5 Å². The molecule has 0 radical (unpaired) electrons. The maximum atomic E-state index is 9.85. The average Bonchev–Trinajstić information content (AvgIpc) is 2.77. The smallest absolute Gasteiger partial charge is 0.0950 e. The molecule has 66 valence electrons. The molecule has 0 saturated carbocycles. The molecule has 1 saturated heterocycles. The molecule has 0 bridgehead atoms. The first kappa shape index (κ1) is 8.23. The lowest BCUT2D eigenvalue weighted by molar-refractivity contribution is 0.138. The largest absolute Gasteiger partial charge is 0.387 e. The highest BCUT2D eigenvalue weighted by Gasteiger charge is 2.23. The summed E-state index contributed by atoms with van der Waals surface area (Å²) < 4.78 is 0. The molecule has 2 nitrogen and oxygen atoms in total. The Bertz CT molecular complexity index is 229. The van der Waals surface area contributed by atoms with Crippen LogP contribution < -0.4 is 5.32 Å². The van der Waals surface area contributed by atoms with Crippen LogP contribution in [0.25, 0.3) is 0 Å². The molecule has 1 fully saturated rings. The van der Waals surface area contributed by atoms with E-state index in [1.54, 1.807) is 11.3 Å². The van der Waals surface area contributed by atoms with Gasteiger partial charge in [-0.15, -0.1) is 0 Å². The van der Waals surface area contributed by atoms with Crippen molar-refractivity contribution in [2.75, 3.05) is 6.54 Å². The third-order valence-corrected chi connectivity index (χ3v) is 3.07. The molecule has 2 N–H and O–H groups in total. The van der Waals surface area contributed by atoms with Gasteiger partial charge in [-0.25, -0.2) is 0 Å². The van der Waals surface area contributed by atoms with Crippen LogP contribution in [0.3, 0.4) is 0 Å². The highest BCUT2D eigenvalue weighted by molar-refractivity contribution is 7.07. The molecule has 2 rings (SSSR count). The summed E-state index contributed by atoms with van der Waals surface area (Å²) in [6.07, 6.45) is 1.97. The molecule has 12 heavy (non-hydrogen) atoms. The number of hydrogen-bond donors (Lipinski definition) is 2. The summed E-state index contributed by atoms with van der Waals surface area (Å²) in [5.41, 5.74) is 1.06. The standard InChI is InChI=1S/C9H13NOS/c11-9(7-3-5-12-6-7)8-2-1-4-10-8/h3,5-6,8-11H,1-2,4H2. The first-order valence-corrected chi connectivity index (χ1v) is 5.26. The minimum atomic E-state index is -0.307. The highest BCUT2D eigenvalue weighted by Crippen LogP contribution is 2.24. The quantitative estimate of drug-likeness (QED) is 0.729.